The second kappa shape index (κ2) is 10.6. The first kappa shape index (κ1) is 23.5. The summed E-state index contributed by atoms with van der Waals surface area (Å²) in [7, 11) is 0. The van der Waals surface area contributed by atoms with E-state index in [1.165, 1.54) is 51.4 Å². The molecule has 4 aromatic rings. The van der Waals surface area contributed by atoms with E-state index >= 15 is 0 Å². The van der Waals surface area contributed by atoms with Gasteiger partial charge >= 0.3 is 0 Å². The number of fused-ring (bicyclic) bond motifs is 1. The van der Waals surface area contributed by atoms with Gasteiger partial charge in [0.05, 0.1) is 22.8 Å². The lowest BCUT2D eigenvalue weighted by atomic mass is 10.1. The van der Waals surface area contributed by atoms with Crippen LogP contribution in [-0.2, 0) is 0 Å². The Morgan fingerprint density at radius 2 is 1.65 bits per heavy atom. The summed E-state index contributed by atoms with van der Waals surface area (Å²) in [5.74, 6) is 1.49. The van der Waals surface area contributed by atoms with E-state index < -0.39 is 0 Å². The maximum atomic E-state index is 5.71. The van der Waals surface area contributed by atoms with Crippen LogP contribution in [0.4, 0.5) is 11.6 Å². The third kappa shape index (κ3) is 5.03. The van der Waals surface area contributed by atoms with E-state index in [1.807, 2.05) is 24.4 Å². The molecule has 190 valence electrons. The van der Waals surface area contributed by atoms with Gasteiger partial charge in [0.15, 0.2) is 5.65 Å². The average molecular weight is 495 g/mol. The van der Waals surface area contributed by atoms with Crippen LogP contribution in [0.2, 0.25) is 0 Å². The van der Waals surface area contributed by atoms with E-state index in [0.717, 1.165) is 39.7 Å². The van der Waals surface area contributed by atoms with Crippen LogP contribution in [0.3, 0.4) is 0 Å². The van der Waals surface area contributed by atoms with Crippen molar-refractivity contribution in [1.29, 1.82) is 0 Å². The molecule has 0 aliphatic heterocycles. The number of nitrogens with one attached hydrogen (secondary N) is 2. The van der Waals surface area contributed by atoms with E-state index in [2.05, 4.69) is 57.1 Å². The minimum atomic E-state index is 0.447. The average Bonchev–Trinajstić information content (AvgIpc) is 3.70. The molecule has 0 amide bonds. The van der Waals surface area contributed by atoms with Gasteiger partial charge in [-0.25, -0.2) is 15.0 Å². The Bertz CT molecular complexity index is 1370. The molecule has 37 heavy (non-hydrogen) atoms. The van der Waals surface area contributed by atoms with Crippen LogP contribution >= 0.6 is 0 Å². The highest BCUT2D eigenvalue weighted by Crippen LogP contribution is 2.36. The van der Waals surface area contributed by atoms with Crippen LogP contribution in [0.1, 0.15) is 51.4 Å². The molecular formula is C30H34N6O. The number of pyridine rings is 1. The van der Waals surface area contributed by atoms with Crippen LogP contribution in [0.25, 0.3) is 28.3 Å². The number of anilines is 2. The number of nitrogens with zero attached hydrogens (tertiary/aromatic N) is 4. The Morgan fingerprint density at radius 1 is 0.919 bits per heavy atom. The second-order valence-electron chi connectivity index (χ2n) is 10.1. The molecule has 2 aliphatic rings. The van der Waals surface area contributed by atoms with Gasteiger partial charge in [-0.2, -0.15) is 0 Å². The van der Waals surface area contributed by atoms with E-state index in [0.29, 0.717) is 24.6 Å². The van der Waals surface area contributed by atoms with Crippen LogP contribution in [0.5, 0.6) is 5.75 Å². The summed E-state index contributed by atoms with van der Waals surface area (Å²) in [5, 5.41) is 7.31. The third-order valence-electron chi connectivity index (χ3n) is 7.45. The third-order valence-corrected chi connectivity index (χ3v) is 7.45. The summed E-state index contributed by atoms with van der Waals surface area (Å²) in [6.07, 6.45) is 15.5. The van der Waals surface area contributed by atoms with Crippen molar-refractivity contribution in [2.75, 3.05) is 17.2 Å². The molecule has 7 nitrogen and oxygen atoms in total. The quantitative estimate of drug-likeness (QED) is 0.251. The summed E-state index contributed by atoms with van der Waals surface area (Å²) in [6.45, 7) is 4.21. The Balaban J connectivity index is 1.44. The fourth-order valence-electron chi connectivity index (χ4n) is 5.59. The first-order valence-electron chi connectivity index (χ1n) is 13.5. The van der Waals surface area contributed by atoms with Crippen molar-refractivity contribution < 1.29 is 4.74 Å². The van der Waals surface area contributed by atoms with Gasteiger partial charge in [0.1, 0.15) is 12.4 Å². The molecule has 0 spiro atoms. The first-order valence-corrected chi connectivity index (χ1v) is 13.5. The molecule has 2 saturated carbocycles. The molecule has 0 radical (unpaired) electrons. The van der Waals surface area contributed by atoms with Crippen LogP contribution < -0.4 is 15.4 Å². The second-order valence-corrected chi connectivity index (χ2v) is 10.1. The Kier molecular flexibility index (Phi) is 6.76. The van der Waals surface area contributed by atoms with Crippen molar-refractivity contribution >= 4 is 17.3 Å². The van der Waals surface area contributed by atoms with Crippen molar-refractivity contribution in [3.05, 3.63) is 67.5 Å². The van der Waals surface area contributed by atoms with Gasteiger partial charge in [-0.15, -0.1) is 0 Å². The van der Waals surface area contributed by atoms with Gasteiger partial charge < -0.3 is 15.4 Å². The molecule has 1 aromatic carbocycles. The number of imidazole rings is 1. The molecule has 3 aromatic heterocycles. The van der Waals surface area contributed by atoms with Gasteiger partial charge in [-0.05, 0) is 68.1 Å². The van der Waals surface area contributed by atoms with E-state index in [-0.39, 0.29) is 0 Å². The zero-order valence-corrected chi connectivity index (χ0v) is 21.2. The molecule has 0 unspecified atom stereocenters. The van der Waals surface area contributed by atoms with Gasteiger partial charge in [-0.1, -0.05) is 38.3 Å². The van der Waals surface area contributed by atoms with E-state index in [4.69, 9.17) is 14.7 Å². The maximum Gasteiger partial charge on any atom is 0.223 e. The van der Waals surface area contributed by atoms with Crippen LogP contribution in [0.15, 0.2) is 67.5 Å². The van der Waals surface area contributed by atoms with Crippen molar-refractivity contribution in [3.63, 3.8) is 0 Å². The van der Waals surface area contributed by atoms with Gasteiger partial charge in [-0.3, -0.25) is 4.40 Å². The zero-order chi connectivity index (χ0) is 25.0. The van der Waals surface area contributed by atoms with Gasteiger partial charge in [0, 0.05) is 30.0 Å². The van der Waals surface area contributed by atoms with E-state index in [1.54, 1.807) is 6.08 Å². The molecule has 0 bridgehead atoms. The number of benzene rings is 1. The first-order chi connectivity index (χ1) is 18.3. The highest BCUT2D eigenvalue weighted by molar-refractivity contribution is 5.84. The number of hydrogen-bond donors (Lipinski definition) is 2. The summed E-state index contributed by atoms with van der Waals surface area (Å²) >= 11 is 0. The van der Waals surface area contributed by atoms with Crippen molar-refractivity contribution in [3.8, 4) is 28.4 Å². The summed E-state index contributed by atoms with van der Waals surface area (Å²) in [6, 6.07) is 15.2. The summed E-state index contributed by atoms with van der Waals surface area (Å²) in [4.78, 5) is 14.7. The molecule has 2 N–H and O–H groups in total. The number of ether oxygens (including phenoxy) is 1. The lowest BCUT2D eigenvalue weighted by Crippen LogP contribution is -2.16. The zero-order valence-electron chi connectivity index (χ0n) is 21.2. The lowest BCUT2D eigenvalue weighted by Gasteiger charge is -2.14. The highest BCUT2D eigenvalue weighted by atomic mass is 16.5. The van der Waals surface area contributed by atoms with Crippen LogP contribution in [-0.4, -0.2) is 38.0 Å². The minimum Gasteiger partial charge on any atom is -0.490 e. The fourth-order valence-corrected chi connectivity index (χ4v) is 5.59. The number of hydrogen-bond acceptors (Lipinski definition) is 6. The molecule has 0 atom stereocenters. The molecule has 6 rings (SSSR count). The molecular weight excluding hydrogens is 460 g/mol. The fraction of sp³-hybridized carbons (Fsp3) is 0.367. The maximum absolute atomic E-state index is 5.71. The molecule has 2 fully saturated rings. The Morgan fingerprint density at radius 3 is 2.38 bits per heavy atom. The Hall–Kier alpha value is -3.87. The van der Waals surface area contributed by atoms with Crippen LogP contribution in [0, 0.1) is 0 Å². The largest absolute Gasteiger partial charge is 0.490 e. The molecule has 7 heteroatoms. The molecule has 2 aliphatic carbocycles. The van der Waals surface area contributed by atoms with E-state index in [9.17, 15) is 0 Å². The molecule has 0 saturated heterocycles. The number of rotatable bonds is 9. The van der Waals surface area contributed by atoms with Gasteiger partial charge in [0.2, 0.25) is 5.95 Å². The lowest BCUT2D eigenvalue weighted by molar-refractivity contribution is 0.363. The minimum absolute atomic E-state index is 0.447. The monoisotopic (exact) mass is 494 g/mol. The number of aromatic nitrogens is 4. The Labute approximate surface area is 218 Å². The van der Waals surface area contributed by atoms with Crippen molar-refractivity contribution in [2.45, 2.75) is 63.5 Å². The SMILES string of the molecule is C=CCOc1ccc(-c2nc3c(NC4CCCC4)cccn3c2-c2ccnc(NC3CCCC3)n2)cc1. The predicted molar refractivity (Wildman–Crippen MR) is 149 cm³/mol. The predicted octanol–water partition coefficient (Wildman–Crippen LogP) is 6.73. The topological polar surface area (TPSA) is 76.4 Å². The highest BCUT2D eigenvalue weighted by Gasteiger charge is 2.22. The smallest absolute Gasteiger partial charge is 0.223 e. The van der Waals surface area contributed by atoms with Gasteiger partial charge in [0.25, 0.3) is 0 Å². The summed E-state index contributed by atoms with van der Waals surface area (Å²) in [5.41, 5.74) is 5.69. The van der Waals surface area contributed by atoms with Crippen molar-refractivity contribution in [2.24, 2.45) is 0 Å². The molecule has 3 heterocycles. The summed E-state index contributed by atoms with van der Waals surface area (Å²) < 4.78 is 7.87. The standard InChI is InChI=1S/C30H34N6O/c1-2-20-37-24-15-13-21(14-16-24)27-28(25-17-18-31-30(34-25)33-23-10-5-6-11-23)36-19-7-12-26(29(36)35-27)32-22-8-3-4-9-22/h2,7,12-19,22-23,32H,1,3-6,8-11,20H2,(H,31,33,34). The normalized spacial score (nSPS) is 16.3. The van der Waals surface area contributed by atoms with Crippen molar-refractivity contribution in [1.82, 2.24) is 19.4 Å².